The summed E-state index contributed by atoms with van der Waals surface area (Å²) >= 11 is 0. The molecule has 114 valence electrons. The molecule has 0 spiro atoms. The summed E-state index contributed by atoms with van der Waals surface area (Å²) in [6.07, 6.45) is 2.51. The van der Waals surface area contributed by atoms with Crippen LogP contribution in [0.4, 0.5) is 0 Å². The van der Waals surface area contributed by atoms with E-state index < -0.39 is 5.60 Å². The van der Waals surface area contributed by atoms with Gasteiger partial charge in [-0.1, -0.05) is 30.3 Å². The van der Waals surface area contributed by atoms with Crippen LogP contribution < -0.4 is 0 Å². The summed E-state index contributed by atoms with van der Waals surface area (Å²) in [5, 5.41) is 22.1. The summed E-state index contributed by atoms with van der Waals surface area (Å²) in [6.45, 7) is 3.51. The van der Waals surface area contributed by atoms with Gasteiger partial charge in [0.1, 0.15) is 17.8 Å². The molecule has 1 atom stereocenters. The van der Waals surface area contributed by atoms with Crippen LogP contribution >= 0.6 is 0 Å². The normalized spacial score (nSPS) is 14.0. The SMILES string of the molecule is CCC(C)(O)c1nc(Cc2nncn2-c2ccccc2)no1. The summed E-state index contributed by atoms with van der Waals surface area (Å²) in [6, 6.07) is 9.78. The van der Waals surface area contributed by atoms with E-state index in [2.05, 4.69) is 20.3 Å². The topological polar surface area (TPSA) is 89.9 Å². The number of benzene rings is 1. The maximum atomic E-state index is 10.1. The Bertz CT molecular complexity index is 748. The van der Waals surface area contributed by atoms with E-state index in [-0.39, 0.29) is 5.89 Å². The molecule has 2 heterocycles. The Morgan fingerprint density at radius 3 is 2.77 bits per heavy atom. The summed E-state index contributed by atoms with van der Waals surface area (Å²) < 4.78 is 7.02. The molecule has 7 nitrogen and oxygen atoms in total. The molecular formula is C15H17N5O2. The van der Waals surface area contributed by atoms with Gasteiger partial charge >= 0.3 is 0 Å². The van der Waals surface area contributed by atoms with Crippen molar-refractivity contribution in [2.24, 2.45) is 0 Å². The van der Waals surface area contributed by atoms with E-state index in [4.69, 9.17) is 4.52 Å². The van der Waals surface area contributed by atoms with Gasteiger partial charge in [-0.2, -0.15) is 4.98 Å². The highest BCUT2D eigenvalue weighted by Gasteiger charge is 2.28. The molecule has 0 aliphatic heterocycles. The van der Waals surface area contributed by atoms with Crippen LogP contribution in [-0.2, 0) is 12.0 Å². The van der Waals surface area contributed by atoms with Crippen molar-refractivity contribution in [2.75, 3.05) is 0 Å². The van der Waals surface area contributed by atoms with Crippen molar-refractivity contribution in [1.29, 1.82) is 0 Å². The number of rotatable bonds is 5. The fourth-order valence-corrected chi connectivity index (χ4v) is 2.02. The Morgan fingerprint density at radius 2 is 2.05 bits per heavy atom. The molecule has 0 fully saturated rings. The van der Waals surface area contributed by atoms with Gasteiger partial charge in [0, 0.05) is 5.69 Å². The van der Waals surface area contributed by atoms with Gasteiger partial charge in [-0.15, -0.1) is 10.2 Å². The minimum atomic E-state index is -1.11. The predicted octanol–water partition coefficient (Wildman–Crippen LogP) is 1.86. The average Bonchev–Trinajstić information content (AvgIpc) is 3.18. The van der Waals surface area contributed by atoms with Crippen molar-refractivity contribution in [1.82, 2.24) is 24.9 Å². The van der Waals surface area contributed by atoms with Crippen molar-refractivity contribution in [3.63, 3.8) is 0 Å². The third kappa shape index (κ3) is 2.75. The summed E-state index contributed by atoms with van der Waals surface area (Å²) in [7, 11) is 0. The van der Waals surface area contributed by atoms with Gasteiger partial charge in [0.2, 0.25) is 0 Å². The van der Waals surface area contributed by atoms with Crippen molar-refractivity contribution in [2.45, 2.75) is 32.3 Å². The van der Waals surface area contributed by atoms with Gasteiger partial charge in [0.25, 0.3) is 5.89 Å². The minimum Gasteiger partial charge on any atom is -0.380 e. The number of aliphatic hydroxyl groups is 1. The maximum Gasteiger partial charge on any atom is 0.258 e. The van der Waals surface area contributed by atoms with E-state index in [1.807, 2.05) is 41.8 Å². The summed E-state index contributed by atoms with van der Waals surface area (Å²) in [4.78, 5) is 4.25. The zero-order valence-corrected chi connectivity index (χ0v) is 12.5. The van der Waals surface area contributed by atoms with Gasteiger partial charge in [0.15, 0.2) is 5.82 Å². The molecule has 1 unspecified atom stereocenters. The zero-order chi connectivity index (χ0) is 15.6. The minimum absolute atomic E-state index is 0.218. The molecule has 0 amide bonds. The first kappa shape index (κ1) is 14.4. The van der Waals surface area contributed by atoms with Gasteiger partial charge < -0.3 is 9.63 Å². The van der Waals surface area contributed by atoms with Gasteiger partial charge in [-0.3, -0.25) is 4.57 Å². The van der Waals surface area contributed by atoms with Gasteiger partial charge in [-0.05, 0) is 25.5 Å². The molecule has 0 aliphatic rings. The predicted molar refractivity (Wildman–Crippen MR) is 78.3 cm³/mol. The van der Waals surface area contributed by atoms with Crippen LogP contribution in [0.3, 0.4) is 0 Å². The molecular weight excluding hydrogens is 282 g/mol. The van der Waals surface area contributed by atoms with Crippen molar-refractivity contribution in [3.8, 4) is 5.69 Å². The third-order valence-electron chi connectivity index (χ3n) is 3.59. The average molecular weight is 299 g/mol. The molecule has 22 heavy (non-hydrogen) atoms. The first-order chi connectivity index (χ1) is 10.6. The highest BCUT2D eigenvalue weighted by molar-refractivity contribution is 5.32. The van der Waals surface area contributed by atoms with E-state index in [9.17, 15) is 5.11 Å². The number of para-hydroxylation sites is 1. The lowest BCUT2D eigenvalue weighted by Crippen LogP contribution is -2.20. The molecule has 0 saturated carbocycles. The monoisotopic (exact) mass is 299 g/mol. The van der Waals surface area contributed by atoms with Crippen LogP contribution in [0, 0.1) is 0 Å². The van der Waals surface area contributed by atoms with E-state index in [1.54, 1.807) is 13.3 Å². The second kappa shape index (κ2) is 5.69. The number of nitrogens with zero attached hydrogens (tertiary/aromatic N) is 5. The molecule has 7 heteroatoms. The van der Waals surface area contributed by atoms with Crippen LogP contribution in [0.25, 0.3) is 5.69 Å². The van der Waals surface area contributed by atoms with Crippen LogP contribution in [0.15, 0.2) is 41.2 Å². The van der Waals surface area contributed by atoms with E-state index in [0.29, 0.717) is 24.5 Å². The van der Waals surface area contributed by atoms with Crippen LogP contribution in [0.1, 0.15) is 37.8 Å². The van der Waals surface area contributed by atoms with Gasteiger partial charge in [-0.25, -0.2) is 0 Å². The van der Waals surface area contributed by atoms with Crippen LogP contribution in [0.5, 0.6) is 0 Å². The van der Waals surface area contributed by atoms with Crippen molar-refractivity contribution < 1.29 is 9.63 Å². The highest BCUT2D eigenvalue weighted by Crippen LogP contribution is 2.22. The lowest BCUT2D eigenvalue weighted by molar-refractivity contribution is 0.0191. The maximum absolute atomic E-state index is 10.1. The number of hydrogen-bond donors (Lipinski definition) is 1. The second-order valence-electron chi connectivity index (χ2n) is 5.27. The first-order valence-electron chi connectivity index (χ1n) is 7.10. The smallest absolute Gasteiger partial charge is 0.258 e. The lowest BCUT2D eigenvalue weighted by atomic mass is 10.0. The standard InChI is InChI=1S/C15H17N5O2/c1-3-15(2,21)14-17-12(19-22-14)9-13-18-16-10-20(13)11-7-5-4-6-8-11/h4-8,10,21H,3,9H2,1-2H3. The van der Waals surface area contributed by atoms with E-state index in [0.717, 1.165) is 5.69 Å². The molecule has 1 N–H and O–H groups in total. The van der Waals surface area contributed by atoms with Crippen LogP contribution in [0.2, 0.25) is 0 Å². The zero-order valence-electron chi connectivity index (χ0n) is 12.5. The molecule has 0 bridgehead atoms. The van der Waals surface area contributed by atoms with E-state index >= 15 is 0 Å². The number of aromatic nitrogens is 5. The molecule has 0 saturated heterocycles. The Kier molecular flexibility index (Phi) is 3.72. The number of hydrogen-bond acceptors (Lipinski definition) is 6. The molecule has 2 aromatic heterocycles. The van der Waals surface area contributed by atoms with Crippen LogP contribution in [-0.4, -0.2) is 30.0 Å². The quantitative estimate of drug-likeness (QED) is 0.773. The third-order valence-corrected chi connectivity index (χ3v) is 3.59. The molecule has 0 aliphatic carbocycles. The Balaban J connectivity index is 1.85. The summed E-state index contributed by atoms with van der Waals surface area (Å²) in [5.74, 6) is 1.39. The highest BCUT2D eigenvalue weighted by atomic mass is 16.5. The molecule has 1 aromatic carbocycles. The molecule has 3 rings (SSSR count). The van der Waals surface area contributed by atoms with Gasteiger partial charge in [0.05, 0.1) is 6.42 Å². The Morgan fingerprint density at radius 1 is 1.27 bits per heavy atom. The second-order valence-corrected chi connectivity index (χ2v) is 5.27. The Labute approximate surface area is 127 Å². The summed E-state index contributed by atoms with van der Waals surface area (Å²) in [5.41, 5.74) is -0.148. The fraction of sp³-hybridized carbons (Fsp3) is 0.333. The lowest BCUT2D eigenvalue weighted by Gasteiger charge is -2.14. The Hall–Kier alpha value is -2.54. The largest absolute Gasteiger partial charge is 0.380 e. The molecule has 3 aromatic rings. The van der Waals surface area contributed by atoms with Crippen molar-refractivity contribution in [3.05, 3.63) is 54.2 Å². The van der Waals surface area contributed by atoms with Crippen molar-refractivity contribution >= 4 is 0 Å². The fourth-order valence-electron chi connectivity index (χ4n) is 2.02. The van der Waals surface area contributed by atoms with E-state index in [1.165, 1.54) is 0 Å². The molecule has 0 radical (unpaired) electrons. The first-order valence-corrected chi connectivity index (χ1v) is 7.10.